The van der Waals surface area contributed by atoms with Gasteiger partial charge in [-0.2, -0.15) is 0 Å². The first-order chi connectivity index (χ1) is 20.7. The molecule has 10 nitrogen and oxygen atoms in total. The van der Waals surface area contributed by atoms with Crippen molar-refractivity contribution in [3.63, 3.8) is 0 Å². The van der Waals surface area contributed by atoms with Crippen LogP contribution in [0.5, 0.6) is 0 Å². The van der Waals surface area contributed by atoms with Crippen LogP contribution in [0.1, 0.15) is 53.4 Å². The number of alkyl halides is 5. The standard InChI is InChI=1S/C30H28F3IN7O3/c1-14-6-18(19-10-35-17(4)36-11-19)7-20-21(16(3)42)12-40(24(14)20)13-23(43)41-22(8-29(5)27(41)34-29)26(44)38-25-15(2)9-37-28(39-25)30(31,32)33/h6-7,9-12,22,27H,8,13H2,1-5H3,(H,37,38,39,44)/q-1/t22-,27-,29+/m0/s1. The molecule has 3 aromatic heterocycles. The number of benzene rings is 1. The molecule has 2 saturated heterocycles. The van der Waals surface area contributed by atoms with Crippen LogP contribution in [0.15, 0.2) is 36.9 Å². The van der Waals surface area contributed by atoms with E-state index in [-0.39, 0.29) is 58.3 Å². The summed E-state index contributed by atoms with van der Waals surface area (Å²) >= 11 is -0.381. The van der Waals surface area contributed by atoms with E-state index < -0.39 is 23.9 Å². The molecule has 2 aliphatic heterocycles. The van der Waals surface area contributed by atoms with Gasteiger partial charge in [0, 0.05) is 0 Å². The number of hydrogen-bond donors (Lipinski definition) is 1. The molecule has 0 saturated carbocycles. The van der Waals surface area contributed by atoms with Crippen molar-refractivity contribution in [1.82, 2.24) is 29.4 Å². The normalized spacial score (nSPS) is 21.1. The van der Waals surface area contributed by atoms with Crippen LogP contribution in [-0.2, 0) is 22.3 Å². The average Bonchev–Trinajstić information content (AvgIpc) is 3.30. The molecule has 6 rings (SSSR count). The number of hydrogen-bond acceptors (Lipinski definition) is 7. The van der Waals surface area contributed by atoms with Crippen molar-refractivity contribution in [2.75, 3.05) is 5.32 Å². The van der Waals surface area contributed by atoms with Gasteiger partial charge in [0.2, 0.25) is 0 Å². The second kappa shape index (κ2) is 10.6. The predicted octanol–water partition coefficient (Wildman–Crippen LogP) is 1.46. The van der Waals surface area contributed by atoms with Crippen molar-refractivity contribution < 1.29 is 48.8 Å². The topological polar surface area (TPSA) is 123 Å². The van der Waals surface area contributed by atoms with Gasteiger partial charge in [0.1, 0.15) is 5.82 Å². The Morgan fingerprint density at radius 2 is 1.75 bits per heavy atom. The van der Waals surface area contributed by atoms with E-state index in [0.717, 1.165) is 28.4 Å². The number of nitrogens with zero attached hydrogens (tertiary/aromatic N) is 6. The van der Waals surface area contributed by atoms with Gasteiger partial charge in [-0.15, -0.1) is 0 Å². The van der Waals surface area contributed by atoms with Crippen LogP contribution in [0.3, 0.4) is 0 Å². The average molecular weight is 718 g/mol. The number of ketones is 1. The third-order valence-corrected chi connectivity index (χ3v) is 12.3. The fourth-order valence-corrected chi connectivity index (χ4v) is 9.14. The van der Waals surface area contributed by atoms with E-state index in [0.29, 0.717) is 23.2 Å². The zero-order chi connectivity index (χ0) is 31.7. The van der Waals surface area contributed by atoms with Gasteiger partial charge < -0.3 is 0 Å². The van der Waals surface area contributed by atoms with Crippen LogP contribution in [0.2, 0.25) is 0 Å². The van der Waals surface area contributed by atoms with E-state index in [4.69, 9.17) is 0 Å². The summed E-state index contributed by atoms with van der Waals surface area (Å²) in [7, 11) is 0. The Balaban J connectivity index is 1.30. The number of Topliss-reactive ketones (excluding diaryl/α,β-unsaturated/α-hetero) is 1. The molecular weight excluding hydrogens is 690 g/mol. The molecule has 5 heterocycles. The third-order valence-electron chi connectivity index (χ3n) is 7.99. The minimum absolute atomic E-state index is 0.0647. The van der Waals surface area contributed by atoms with Crippen LogP contribution in [-0.4, -0.2) is 60.5 Å². The van der Waals surface area contributed by atoms with E-state index in [2.05, 4.69) is 25.3 Å². The van der Waals surface area contributed by atoms with E-state index in [1.807, 2.05) is 26.0 Å². The number of anilines is 1. The molecule has 0 unspecified atom stereocenters. The summed E-state index contributed by atoms with van der Waals surface area (Å²) in [4.78, 5) is 57.1. The Kier molecular flexibility index (Phi) is 7.25. The monoisotopic (exact) mass is 718 g/mol. The van der Waals surface area contributed by atoms with Crippen molar-refractivity contribution in [1.29, 1.82) is 0 Å². The van der Waals surface area contributed by atoms with Gasteiger partial charge in [0.25, 0.3) is 0 Å². The molecule has 1 N–H and O–H groups in total. The molecule has 2 amide bonds. The number of fused-ring (bicyclic) bond motifs is 2. The fraction of sp³-hybridized carbons (Fsp3) is 0.367. The summed E-state index contributed by atoms with van der Waals surface area (Å²) < 4.78 is 41.2. The molecule has 0 aliphatic carbocycles. The van der Waals surface area contributed by atoms with E-state index >= 15 is 0 Å². The number of halogens is 4. The zero-order valence-electron chi connectivity index (χ0n) is 24.5. The molecule has 2 aliphatic rings. The van der Waals surface area contributed by atoms with Gasteiger partial charge in [-0.1, -0.05) is 0 Å². The SMILES string of the molecule is CC(=O)c1cn(CC(=O)N2[C@H](C(=O)Nc3nc(C(F)(F)F)ncc3C)C[C@@]3(C)[I-][C@@H]23)c2c(C)cc(-c3cnc(C)nc3)cc12. The third kappa shape index (κ3) is 5.32. The Bertz CT molecular complexity index is 1860. The van der Waals surface area contributed by atoms with Gasteiger partial charge in [-0.05, 0) is 6.92 Å². The number of likely N-dealkylation sites (tertiary alicyclic amines) is 1. The summed E-state index contributed by atoms with van der Waals surface area (Å²) in [5.41, 5.74) is 3.94. The molecule has 3 atom stereocenters. The maximum absolute atomic E-state index is 13.9. The van der Waals surface area contributed by atoms with Gasteiger partial charge in [0.15, 0.2) is 0 Å². The number of carbonyl (C=O) groups is 3. The number of carbonyl (C=O) groups excluding carboxylic acids is 3. The molecule has 14 heteroatoms. The van der Waals surface area contributed by atoms with E-state index in [1.54, 1.807) is 35.0 Å². The van der Waals surface area contributed by atoms with Gasteiger partial charge in [-0.3, -0.25) is 0 Å². The Morgan fingerprint density at radius 1 is 1.05 bits per heavy atom. The maximum atomic E-state index is 13.9. The first-order valence-corrected chi connectivity index (χ1v) is 16.1. The number of aryl methyl sites for hydroxylation is 3. The van der Waals surface area contributed by atoms with Crippen molar-refractivity contribution in [3.05, 3.63) is 65.3 Å². The van der Waals surface area contributed by atoms with Crippen molar-refractivity contribution in [2.45, 2.75) is 67.3 Å². The van der Waals surface area contributed by atoms with Gasteiger partial charge >= 0.3 is 249 Å². The van der Waals surface area contributed by atoms with Crippen LogP contribution in [0, 0.1) is 20.8 Å². The Morgan fingerprint density at radius 3 is 2.41 bits per heavy atom. The fourth-order valence-electron chi connectivity index (χ4n) is 5.74. The van der Waals surface area contributed by atoms with Crippen molar-refractivity contribution in [3.8, 4) is 11.1 Å². The molecule has 1 aromatic carbocycles. The van der Waals surface area contributed by atoms with Crippen LogP contribution in [0.4, 0.5) is 19.0 Å². The molecule has 2 fully saturated rings. The first kappa shape index (κ1) is 30.1. The number of aromatic nitrogens is 5. The molecule has 0 spiro atoms. The predicted molar refractivity (Wildman–Crippen MR) is 150 cm³/mol. The molecule has 4 aromatic rings. The summed E-state index contributed by atoms with van der Waals surface area (Å²) in [6.07, 6.45) is 1.77. The molecule has 0 bridgehead atoms. The zero-order valence-corrected chi connectivity index (χ0v) is 26.6. The summed E-state index contributed by atoms with van der Waals surface area (Å²) in [5, 5.41) is 3.22. The van der Waals surface area contributed by atoms with E-state index in [1.165, 1.54) is 13.8 Å². The molecular formula is C30H28F3IN7O3-. The second-order valence-corrected chi connectivity index (χ2v) is 15.7. The molecule has 44 heavy (non-hydrogen) atoms. The van der Waals surface area contributed by atoms with Gasteiger partial charge in [0.05, 0.1) is 0 Å². The van der Waals surface area contributed by atoms with Crippen LogP contribution >= 0.6 is 0 Å². The first-order valence-electron chi connectivity index (χ1n) is 13.8. The van der Waals surface area contributed by atoms with Crippen LogP contribution < -0.4 is 26.5 Å². The number of amides is 2. The Labute approximate surface area is 260 Å². The van der Waals surface area contributed by atoms with E-state index in [9.17, 15) is 27.6 Å². The quantitative estimate of drug-likeness (QED) is 0.139. The van der Waals surface area contributed by atoms with Crippen molar-refractivity contribution >= 4 is 34.3 Å². The summed E-state index contributed by atoms with van der Waals surface area (Å²) in [6, 6.07) is 2.98. The molecule has 0 radical (unpaired) electrons. The second-order valence-electron chi connectivity index (χ2n) is 11.4. The van der Waals surface area contributed by atoms with Gasteiger partial charge in [-0.25, -0.2) is 0 Å². The minimum atomic E-state index is -4.77. The Hall–Kier alpha value is -3.95. The molecule has 230 valence electrons. The summed E-state index contributed by atoms with van der Waals surface area (Å²) in [6.45, 7) is 8.60. The summed E-state index contributed by atoms with van der Waals surface area (Å²) in [5.74, 6) is -1.99. The number of nitrogens with one attached hydrogen (secondary N) is 1. The number of rotatable bonds is 6. The van der Waals surface area contributed by atoms with Crippen LogP contribution in [0.25, 0.3) is 22.0 Å². The van der Waals surface area contributed by atoms with Crippen molar-refractivity contribution in [2.24, 2.45) is 0 Å².